The van der Waals surface area contributed by atoms with Crippen LogP contribution in [0.5, 0.6) is 5.75 Å². The van der Waals surface area contributed by atoms with Gasteiger partial charge in [0.15, 0.2) is 0 Å². The van der Waals surface area contributed by atoms with Gasteiger partial charge in [0.05, 0.1) is 44.9 Å². The van der Waals surface area contributed by atoms with E-state index in [9.17, 15) is 4.79 Å². The Bertz CT molecular complexity index is 854. The van der Waals surface area contributed by atoms with Gasteiger partial charge in [0, 0.05) is 0 Å². The molecule has 0 aliphatic carbocycles. The summed E-state index contributed by atoms with van der Waals surface area (Å²) in [6, 6.07) is 13.3. The van der Waals surface area contributed by atoms with Crippen molar-refractivity contribution in [3.05, 3.63) is 53.5 Å². The van der Waals surface area contributed by atoms with E-state index in [1.165, 1.54) is 4.90 Å². The zero-order valence-electron chi connectivity index (χ0n) is 15.2. The summed E-state index contributed by atoms with van der Waals surface area (Å²) in [5, 5.41) is 9.64. The Hall–Kier alpha value is -2.64. The summed E-state index contributed by atoms with van der Waals surface area (Å²) in [6.45, 7) is 1.48. The van der Waals surface area contributed by atoms with E-state index >= 15 is 0 Å². The predicted molar refractivity (Wildman–Crippen MR) is 103 cm³/mol. The van der Waals surface area contributed by atoms with Crippen LogP contribution in [0.15, 0.2) is 47.8 Å². The van der Waals surface area contributed by atoms with Crippen molar-refractivity contribution in [3.8, 4) is 22.0 Å². The molecule has 1 aromatic carbocycles. The molecule has 136 valence electrons. The van der Waals surface area contributed by atoms with Crippen LogP contribution < -0.4 is 15.0 Å². The minimum absolute atomic E-state index is 0.127. The zero-order chi connectivity index (χ0) is 18.5. The maximum Gasteiger partial charge on any atom is 0.270 e. The van der Waals surface area contributed by atoms with Crippen molar-refractivity contribution < 1.29 is 14.4 Å². The lowest BCUT2D eigenvalue weighted by atomic mass is 10.2. The first-order chi connectivity index (χ1) is 12.6. The molecule has 0 saturated carbocycles. The minimum Gasteiger partial charge on any atom is -0.497 e. The second-order valence-electron chi connectivity index (χ2n) is 6.21. The van der Waals surface area contributed by atoms with Crippen LogP contribution in [0.1, 0.15) is 10.5 Å². The van der Waals surface area contributed by atoms with Gasteiger partial charge in [-0.3, -0.25) is 4.79 Å². The highest BCUT2D eigenvalue weighted by Crippen LogP contribution is 2.26. The number of nitrogens with one attached hydrogen (secondary N) is 2. The Morgan fingerprint density at radius 3 is 2.65 bits per heavy atom. The van der Waals surface area contributed by atoms with Gasteiger partial charge in [-0.25, -0.2) is 4.68 Å². The van der Waals surface area contributed by atoms with Gasteiger partial charge in [-0.1, -0.05) is 6.07 Å². The molecule has 2 N–H and O–H groups in total. The number of nitrogens with zero attached hydrogens (tertiary/aromatic N) is 2. The quantitative estimate of drug-likeness (QED) is 0.661. The molecule has 3 aromatic rings. The van der Waals surface area contributed by atoms with E-state index in [0.717, 1.165) is 28.6 Å². The van der Waals surface area contributed by atoms with E-state index < -0.39 is 0 Å². The SMILES string of the molecule is COc1ccc(-n2nc(-c3cccs3)cc2C(=O)NCC[NH+](C)C)cc1. The van der Waals surface area contributed by atoms with E-state index in [1.807, 2.05) is 47.8 Å². The molecule has 0 bridgehead atoms. The first kappa shape index (κ1) is 18.2. The summed E-state index contributed by atoms with van der Waals surface area (Å²) in [7, 11) is 5.74. The van der Waals surface area contributed by atoms with Gasteiger partial charge in [0.2, 0.25) is 0 Å². The summed E-state index contributed by atoms with van der Waals surface area (Å²) in [5.74, 6) is 0.636. The number of amides is 1. The zero-order valence-corrected chi connectivity index (χ0v) is 16.0. The number of quaternary nitrogens is 1. The van der Waals surface area contributed by atoms with Gasteiger partial charge in [-0.2, -0.15) is 5.10 Å². The van der Waals surface area contributed by atoms with Crippen LogP contribution in [-0.4, -0.2) is 50.0 Å². The highest BCUT2D eigenvalue weighted by Gasteiger charge is 2.18. The van der Waals surface area contributed by atoms with Crippen LogP contribution in [0.25, 0.3) is 16.3 Å². The van der Waals surface area contributed by atoms with Crippen molar-refractivity contribution in [1.82, 2.24) is 15.1 Å². The van der Waals surface area contributed by atoms with E-state index in [2.05, 4.69) is 24.5 Å². The number of benzene rings is 1. The average Bonchev–Trinajstić information content (AvgIpc) is 3.31. The van der Waals surface area contributed by atoms with Gasteiger partial charge in [-0.15, -0.1) is 11.3 Å². The molecule has 0 atom stereocenters. The topological polar surface area (TPSA) is 60.6 Å². The molecule has 6 nitrogen and oxygen atoms in total. The van der Waals surface area contributed by atoms with Crippen LogP contribution in [0.3, 0.4) is 0 Å². The number of hydrogen-bond acceptors (Lipinski definition) is 4. The van der Waals surface area contributed by atoms with Gasteiger partial charge in [0.25, 0.3) is 5.91 Å². The van der Waals surface area contributed by atoms with Crippen LogP contribution in [0.2, 0.25) is 0 Å². The number of methoxy groups -OCH3 is 1. The number of rotatable bonds is 7. The van der Waals surface area contributed by atoms with Crippen LogP contribution >= 0.6 is 11.3 Å². The Kier molecular flexibility index (Phi) is 5.70. The lowest BCUT2D eigenvalue weighted by Crippen LogP contribution is -3.06. The smallest absolute Gasteiger partial charge is 0.270 e. The third-order valence-corrected chi connectivity index (χ3v) is 4.84. The van der Waals surface area contributed by atoms with Crippen molar-refractivity contribution in [2.45, 2.75) is 0 Å². The number of thiophene rings is 1. The maximum atomic E-state index is 12.7. The maximum absolute atomic E-state index is 12.7. The fourth-order valence-corrected chi connectivity index (χ4v) is 3.21. The second kappa shape index (κ2) is 8.16. The van der Waals surface area contributed by atoms with Gasteiger partial charge < -0.3 is 15.0 Å². The van der Waals surface area contributed by atoms with Crippen LogP contribution in [0, 0.1) is 0 Å². The predicted octanol–water partition coefficient (Wildman–Crippen LogP) is 1.48. The second-order valence-corrected chi connectivity index (χ2v) is 7.16. The van der Waals surface area contributed by atoms with E-state index in [0.29, 0.717) is 12.2 Å². The van der Waals surface area contributed by atoms with Gasteiger partial charge in [0.1, 0.15) is 17.1 Å². The first-order valence-electron chi connectivity index (χ1n) is 8.44. The molecule has 0 fully saturated rings. The van der Waals surface area contributed by atoms with Crippen LogP contribution in [-0.2, 0) is 0 Å². The van der Waals surface area contributed by atoms with Gasteiger partial charge in [-0.05, 0) is 41.8 Å². The lowest BCUT2D eigenvalue weighted by molar-refractivity contribution is -0.856. The normalized spacial score (nSPS) is 10.9. The summed E-state index contributed by atoms with van der Waals surface area (Å²) in [6.07, 6.45) is 0. The molecule has 0 aliphatic heterocycles. The summed E-state index contributed by atoms with van der Waals surface area (Å²) in [5.41, 5.74) is 2.13. The van der Waals surface area contributed by atoms with Crippen LogP contribution in [0.4, 0.5) is 0 Å². The van der Waals surface area contributed by atoms with E-state index in [-0.39, 0.29) is 5.91 Å². The number of carbonyl (C=O) groups excluding carboxylic acids is 1. The highest BCUT2D eigenvalue weighted by molar-refractivity contribution is 7.13. The third kappa shape index (κ3) is 4.12. The molecule has 0 unspecified atom stereocenters. The van der Waals surface area contributed by atoms with Crippen molar-refractivity contribution in [2.24, 2.45) is 0 Å². The molecule has 1 amide bonds. The molecule has 2 heterocycles. The number of likely N-dealkylation sites (N-methyl/N-ethyl adjacent to an activating group) is 1. The molecular formula is C19H23N4O2S+. The molecule has 0 spiro atoms. The van der Waals surface area contributed by atoms with Gasteiger partial charge >= 0.3 is 0 Å². The molecule has 0 aliphatic rings. The standard InChI is InChI=1S/C19H22N4O2S/c1-22(2)11-10-20-19(24)17-13-16(18-5-4-12-26-18)21-23(17)14-6-8-15(25-3)9-7-14/h4-9,12-13H,10-11H2,1-3H3,(H,20,24)/p+1. The fraction of sp³-hybridized carbons (Fsp3) is 0.263. The Labute approximate surface area is 157 Å². The lowest BCUT2D eigenvalue weighted by Gasteiger charge is -2.10. The molecule has 0 saturated heterocycles. The Morgan fingerprint density at radius 1 is 1.27 bits per heavy atom. The monoisotopic (exact) mass is 371 g/mol. The number of ether oxygens (including phenoxy) is 1. The van der Waals surface area contributed by atoms with E-state index in [4.69, 9.17) is 4.74 Å². The molecular weight excluding hydrogens is 348 g/mol. The third-order valence-electron chi connectivity index (χ3n) is 3.94. The number of hydrogen-bond donors (Lipinski definition) is 2. The first-order valence-corrected chi connectivity index (χ1v) is 9.32. The molecule has 7 heteroatoms. The van der Waals surface area contributed by atoms with Crippen molar-refractivity contribution >= 4 is 17.2 Å². The largest absolute Gasteiger partial charge is 0.497 e. The number of aromatic nitrogens is 2. The molecule has 0 radical (unpaired) electrons. The summed E-state index contributed by atoms with van der Waals surface area (Å²) < 4.78 is 6.90. The summed E-state index contributed by atoms with van der Waals surface area (Å²) >= 11 is 1.60. The number of carbonyl (C=O) groups is 1. The fourth-order valence-electron chi connectivity index (χ4n) is 2.52. The highest BCUT2D eigenvalue weighted by atomic mass is 32.1. The molecule has 26 heavy (non-hydrogen) atoms. The minimum atomic E-state index is -0.127. The Morgan fingerprint density at radius 2 is 2.04 bits per heavy atom. The molecule has 3 rings (SSSR count). The summed E-state index contributed by atoms with van der Waals surface area (Å²) in [4.78, 5) is 15.0. The average molecular weight is 371 g/mol. The van der Waals surface area contributed by atoms with Crippen molar-refractivity contribution in [3.63, 3.8) is 0 Å². The van der Waals surface area contributed by atoms with E-state index in [1.54, 1.807) is 23.1 Å². The molecule has 2 aromatic heterocycles. The van der Waals surface area contributed by atoms with Crippen molar-refractivity contribution in [1.29, 1.82) is 0 Å². The van der Waals surface area contributed by atoms with Crippen molar-refractivity contribution in [2.75, 3.05) is 34.3 Å². The Balaban J connectivity index is 1.93.